The third kappa shape index (κ3) is 3.11. The monoisotopic (exact) mass is 304 g/mol. The minimum absolute atomic E-state index is 0.206. The van der Waals surface area contributed by atoms with Gasteiger partial charge in [0.1, 0.15) is 11.3 Å². The largest absolute Gasteiger partial charge is 0.481 e. The molecule has 0 saturated carbocycles. The number of likely N-dealkylation sites (N-methyl/N-ethyl adjacent to an activating group) is 1. The highest BCUT2D eigenvalue weighted by Gasteiger charge is 2.33. The SMILES string of the molecule is CN1C(=O)NC(=O)/C(=C/c2ccccc2OCC(=O)O)C1=O. The summed E-state index contributed by atoms with van der Waals surface area (Å²) >= 11 is 0. The minimum Gasteiger partial charge on any atom is -0.481 e. The summed E-state index contributed by atoms with van der Waals surface area (Å²) in [6.45, 7) is -0.557. The number of barbiturate groups is 1. The average molecular weight is 304 g/mol. The third-order valence-electron chi connectivity index (χ3n) is 2.87. The molecule has 1 fully saturated rings. The number of hydrogen-bond acceptors (Lipinski definition) is 5. The molecule has 1 aliphatic rings. The van der Waals surface area contributed by atoms with Crippen molar-refractivity contribution in [3.63, 3.8) is 0 Å². The number of para-hydroxylation sites is 1. The van der Waals surface area contributed by atoms with Gasteiger partial charge in [-0.3, -0.25) is 19.8 Å². The van der Waals surface area contributed by atoms with Crippen LogP contribution in [0.3, 0.4) is 0 Å². The molecule has 114 valence electrons. The number of imide groups is 2. The molecule has 1 aromatic carbocycles. The fourth-order valence-corrected chi connectivity index (χ4v) is 1.77. The Labute approximate surface area is 125 Å². The second-order valence-corrected chi connectivity index (χ2v) is 4.40. The number of carbonyl (C=O) groups excluding carboxylic acids is 3. The van der Waals surface area contributed by atoms with E-state index in [2.05, 4.69) is 0 Å². The molecule has 8 heteroatoms. The minimum atomic E-state index is -1.15. The van der Waals surface area contributed by atoms with Gasteiger partial charge in [0.15, 0.2) is 6.61 Å². The van der Waals surface area contributed by atoms with E-state index in [1.54, 1.807) is 18.2 Å². The Kier molecular flexibility index (Phi) is 4.21. The molecular formula is C14H12N2O6. The van der Waals surface area contributed by atoms with Crippen molar-refractivity contribution < 1.29 is 29.0 Å². The fraction of sp³-hybridized carbons (Fsp3) is 0.143. The first kappa shape index (κ1) is 15.2. The fourth-order valence-electron chi connectivity index (χ4n) is 1.77. The number of amides is 4. The maximum Gasteiger partial charge on any atom is 0.341 e. The Morgan fingerprint density at radius 3 is 2.68 bits per heavy atom. The number of nitrogens with one attached hydrogen (secondary N) is 1. The van der Waals surface area contributed by atoms with Crippen LogP contribution in [-0.4, -0.2) is 47.5 Å². The van der Waals surface area contributed by atoms with Crippen LogP contribution in [-0.2, 0) is 14.4 Å². The summed E-state index contributed by atoms with van der Waals surface area (Å²) in [6, 6.07) is 5.52. The van der Waals surface area contributed by atoms with Gasteiger partial charge in [-0.25, -0.2) is 9.59 Å². The number of benzene rings is 1. The molecule has 1 saturated heterocycles. The van der Waals surface area contributed by atoms with E-state index in [1.165, 1.54) is 19.2 Å². The molecule has 22 heavy (non-hydrogen) atoms. The van der Waals surface area contributed by atoms with E-state index in [9.17, 15) is 19.2 Å². The normalized spacial score (nSPS) is 16.7. The van der Waals surface area contributed by atoms with Crippen molar-refractivity contribution in [2.24, 2.45) is 0 Å². The molecule has 0 bridgehead atoms. The van der Waals surface area contributed by atoms with Crippen LogP contribution >= 0.6 is 0 Å². The van der Waals surface area contributed by atoms with Gasteiger partial charge in [0.05, 0.1) is 0 Å². The lowest BCUT2D eigenvalue weighted by atomic mass is 10.1. The Morgan fingerprint density at radius 2 is 2.00 bits per heavy atom. The van der Waals surface area contributed by atoms with E-state index >= 15 is 0 Å². The van der Waals surface area contributed by atoms with Crippen LogP contribution in [0, 0.1) is 0 Å². The highest BCUT2D eigenvalue weighted by atomic mass is 16.5. The first-order valence-corrected chi connectivity index (χ1v) is 6.19. The molecule has 8 nitrogen and oxygen atoms in total. The summed E-state index contributed by atoms with van der Waals surface area (Å²) in [4.78, 5) is 46.4. The smallest absolute Gasteiger partial charge is 0.341 e. The van der Waals surface area contributed by atoms with Crippen molar-refractivity contribution in [2.45, 2.75) is 0 Å². The maximum atomic E-state index is 12.0. The Balaban J connectivity index is 2.36. The van der Waals surface area contributed by atoms with Crippen LogP contribution in [0.5, 0.6) is 5.75 Å². The lowest BCUT2D eigenvalue weighted by Crippen LogP contribution is -2.52. The molecule has 0 atom stereocenters. The van der Waals surface area contributed by atoms with Crippen molar-refractivity contribution in [1.82, 2.24) is 10.2 Å². The number of aliphatic carboxylic acids is 1. The van der Waals surface area contributed by atoms with Gasteiger partial charge in [-0.05, 0) is 12.1 Å². The van der Waals surface area contributed by atoms with E-state index in [-0.39, 0.29) is 11.3 Å². The quantitative estimate of drug-likeness (QED) is 0.608. The summed E-state index contributed by atoms with van der Waals surface area (Å²) in [5.41, 5.74) is 0.110. The van der Waals surface area contributed by atoms with Gasteiger partial charge < -0.3 is 9.84 Å². The van der Waals surface area contributed by atoms with Gasteiger partial charge in [-0.15, -0.1) is 0 Å². The lowest BCUT2D eigenvalue weighted by molar-refractivity contribution is -0.139. The van der Waals surface area contributed by atoms with Crippen LogP contribution in [0.25, 0.3) is 6.08 Å². The maximum absolute atomic E-state index is 12.0. The lowest BCUT2D eigenvalue weighted by Gasteiger charge is -2.22. The summed E-state index contributed by atoms with van der Waals surface area (Å²) in [5.74, 6) is -2.51. The highest BCUT2D eigenvalue weighted by molar-refractivity contribution is 6.30. The second kappa shape index (κ2) is 6.08. The summed E-state index contributed by atoms with van der Waals surface area (Å²) in [6.07, 6.45) is 1.25. The highest BCUT2D eigenvalue weighted by Crippen LogP contribution is 2.22. The van der Waals surface area contributed by atoms with Crippen LogP contribution in [0.4, 0.5) is 4.79 Å². The molecule has 0 aromatic heterocycles. The number of rotatable bonds is 4. The molecule has 0 radical (unpaired) electrons. The Morgan fingerprint density at radius 1 is 1.32 bits per heavy atom. The first-order chi connectivity index (χ1) is 10.4. The molecule has 1 aliphatic heterocycles. The molecule has 1 heterocycles. The topological polar surface area (TPSA) is 113 Å². The molecule has 0 unspecified atom stereocenters. The standard InChI is InChI=1S/C14H12N2O6/c1-16-13(20)9(12(19)15-14(16)21)6-8-4-2-3-5-10(8)22-7-11(17)18/h2-6H,7H2,1H3,(H,17,18)(H,15,19,21)/b9-6-. The number of carboxylic acids is 1. The second-order valence-electron chi connectivity index (χ2n) is 4.40. The summed E-state index contributed by atoms with van der Waals surface area (Å²) < 4.78 is 5.09. The van der Waals surface area contributed by atoms with E-state index in [1.807, 2.05) is 5.32 Å². The average Bonchev–Trinajstić information content (AvgIpc) is 2.48. The number of ether oxygens (including phenoxy) is 1. The summed E-state index contributed by atoms with van der Waals surface area (Å²) in [7, 11) is 1.24. The van der Waals surface area contributed by atoms with Gasteiger partial charge in [0.25, 0.3) is 11.8 Å². The summed E-state index contributed by atoms with van der Waals surface area (Å²) in [5, 5.41) is 10.7. The number of carbonyl (C=O) groups is 4. The van der Waals surface area contributed by atoms with Gasteiger partial charge in [-0.1, -0.05) is 18.2 Å². The van der Waals surface area contributed by atoms with Crippen molar-refractivity contribution in [3.8, 4) is 5.75 Å². The Bertz CT molecular complexity index is 694. The molecule has 1 aromatic rings. The number of urea groups is 1. The molecule has 0 aliphatic carbocycles. The van der Waals surface area contributed by atoms with Gasteiger partial charge in [0.2, 0.25) is 0 Å². The molecule has 2 N–H and O–H groups in total. The molecule has 0 spiro atoms. The van der Waals surface area contributed by atoms with Crippen LogP contribution < -0.4 is 10.1 Å². The zero-order chi connectivity index (χ0) is 16.3. The predicted molar refractivity (Wildman–Crippen MR) is 73.9 cm³/mol. The number of hydrogen-bond donors (Lipinski definition) is 2. The van der Waals surface area contributed by atoms with Crippen molar-refractivity contribution >= 4 is 29.9 Å². The molecule has 4 amide bonds. The first-order valence-electron chi connectivity index (χ1n) is 6.19. The van der Waals surface area contributed by atoms with Crippen LogP contribution in [0.15, 0.2) is 29.8 Å². The van der Waals surface area contributed by atoms with Crippen LogP contribution in [0.1, 0.15) is 5.56 Å². The van der Waals surface area contributed by atoms with Gasteiger partial charge in [-0.2, -0.15) is 0 Å². The molecule has 2 rings (SSSR count). The van der Waals surface area contributed by atoms with Crippen LogP contribution in [0.2, 0.25) is 0 Å². The zero-order valence-corrected chi connectivity index (χ0v) is 11.5. The Hall–Kier alpha value is -3.16. The van der Waals surface area contributed by atoms with Crippen molar-refractivity contribution in [1.29, 1.82) is 0 Å². The number of nitrogens with zero attached hydrogens (tertiary/aromatic N) is 1. The van der Waals surface area contributed by atoms with Crippen molar-refractivity contribution in [2.75, 3.05) is 13.7 Å². The van der Waals surface area contributed by atoms with Gasteiger partial charge >= 0.3 is 12.0 Å². The van der Waals surface area contributed by atoms with E-state index in [0.717, 1.165) is 4.90 Å². The van der Waals surface area contributed by atoms with Gasteiger partial charge in [0, 0.05) is 12.6 Å². The number of carboxylic acid groups (broad SMARTS) is 1. The zero-order valence-electron chi connectivity index (χ0n) is 11.5. The third-order valence-corrected chi connectivity index (χ3v) is 2.87. The van der Waals surface area contributed by atoms with E-state index < -0.39 is 30.4 Å². The van der Waals surface area contributed by atoms with E-state index in [4.69, 9.17) is 9.84 Å². The van der Waals surface area contributed by atoms with Crippen molar-refractivity contribution in [3.05, 3.63) is 35.4 Å². The predicted octanol–water partition coefficient (Wildman–Crippen LogP) is 0.242. The van der Waals surface area contributed by atoms with E-state index in [0.29, 0.717) is 5.56 Å². The molecular weight excluding hydrogens is 292 g/mol.